The molecule has 0 radical (unpaired) electrons. The van der Waals surface area contributed by atoms with Crippen molar-refractivity contribution in [3.8, 4) is 17.1 Å². The van der Waals surface area contributed by atoms with Crippen molar-refractivity contribution >= 4 is 17.2 Å². The number of ether oxygens (including phenoxy) is 1. The van der Waals surface area contributed by atoms with E-state index in [9.17, 15) is 9.59 Å². The SMILES string of the molecule is CCc1cccc(NC(=O)Cn2nc3cc(C)nc(-c4ccc(OC)cc4)n3c2=O)c1. The summed E-state index contributed by atoms with van der Waals surface area (Å²) in [5.41, 5.74) is 3.29. The molecule has 0 bridgehead atoms. The highest BCUT2D eigenvalue weighted by atomic mass is 16.5. The number of amides is 1. The molecule has 0 saturated carbocycles. The first-order valence-electron chi connectivity index (χ1n) is 9.99. The first-order chi connectivity index (χ1) is 15.0. The van der Waals surface area contributed by atoms with Crippen molar-refractivity contribution in [3.63, 3.8) is 0 Å². The monoisotopic (exact) mass is 417 g/mol. The number of carbonyl (C=O) groups is 1. The van der Waals surface area contributed by atoms with Crippen molar-refractivity contribution in [2.24, 2.45) is 0 Å². The van der Waals surface area contributed by atoms with Crippen LogP contribution in [0.3, 0.4) is 0 Å². The minimum Gasteiger partial charge on any atom is -0.497 e. The van der Waals surface area contributed by atoms with Gasteiger partial charge in [0, 0.05) is 23.0 Å². The van der Waals surface area contributed by atoms with Gasteiger partial charge in [-0.05, 0) is 55.3 Å². The Hall–Kier alpha value is -3.94. The smallest absolute Gasteiger partial charge is 0.352 e. The van der Waals surface area contributed by atoms with Gasteiger partial charge >= 0.3 is 5.69 Å². The number of nitrogens with zero attached hydrogens (tertiary/aromatic N) is 4. The van der Waals surface area contributed by atoms with Crippen molar-refractivity contribution in [3.05, 3.63) is 76.3 Å². The molecule has 0 aliphatic rings. The fraction of sp³-hybridized carbons (Fsp3) is 0.217. The minimum atomic E-state index is -0.425. The summed E-state index contributed by atoms with van der Waals surface area (Å²) in [6.07, 6.45) is 0.871. The molecule has 0 aliphatic heterocycles. The lowest BCUT2D eigenvalue weighted by atomic mass is 10.1. The van der Waals surface area contributed by atoms with Crippen molar-refractivity contribution in [1.29, 1.82) is 0 Å². The molecule has 31 heavy (non-hydrogen) atoms. The van der Waals surface area contributed by atoms with E-state index in [1.807, 2.05) is 50.2 Å². The molecule has 1 amide bonds. The molecule has 0 saturated heterocycles. The molecule has 4 rings (SSSR count). The van der Waals surface area contributed by atoms with E-state index < -0.39 is 5.69 Å². The van der Waals surface area contributed by atoms with Gasteiger partial charge in [-0.25, -0.2) is 18.9 Å². The van der Waals surface area contributed by atoms with Gasteiger partial charge in [-0.15, -0.1) is 5.10 Å². The summed E-state index contributed by atoms with van der Waals surface area (Å²) in [4.78, 5) is 30.2. The van der Waals surface area contributed by atoms with E-state index >= 15 is 0 Å². The van der Waals surface area contributed by atoms with Gasteiger partial charge in [-0.3, -0.25) is 4.79 Å². The number of benzene rings is 2. The van der Waals surface area contributed by atoms with Gasteiger partial charge in [0.15, 0.2) is 5.65 Å². The van der Waals surface area contributed by atoms with Crippen LogP contribution >= 0.6 is 0 Å². The zero-order valence-electron chi connectivity index (χ0n) is 17.6. The number of hydrogen-bond donors (Lipinski definition) is 1. The summed E-state index contributed by atoms with van der Waals surface area (Å²) >= 11 is 0. The largest absolute Gasteiger partial charge is 0.497 e. The predicted octanol–water partition coefficient (Wildman–Crippen LogP) is 3.08. The lowest BCUT2D eigenvalue weighted by Crippen LogP contribution is -2.28. The summed E-state index contributed by atoms with van der Waals surface area (Å²) in [5, 5.41) is 7.18. The molecule has 158 valence electrons. The molecule has 2 heterocycles. The number of methoxy groups -OCH3 is 1. The van der Waals surface area contributed by atoms with E-state index in [-0.39, 0.29) is 12.5 Å². The fourth-order valence-electron chi connectivity index (χ4n) is 3.40. The third-order valence-electron chi connectivity index (χ3n) is 4.96. The maximum atomic E-state index is 13.1. The number of aryl methyl sites for hydroxylation is 2. The van der Waals surface area contributed by atoms with E-state index in [4.69, 9.17) is 4.74 Å². The van der Waals surface area contributed by atoms with Crippen LogP contribution in [0.15, 0.2) is 59.4 Å². The fourth-order valence-corrected chi connectivity index (χ4v) is 3.40. The molecular weight excluding hydrogens is 394 g/mol. The maximum Gasteiger partial charge on any atom is 0.352 e. The molecule has 0 spiro atoms. The Labute approximate surface area is 179 Å². The average molecular weight is 417 g/mol. The third kappa shape index (κ3) is 4.18. The van der Waals surface area contributed by atoms with E-state index in [1.54, 1.807) is 25.3 Å². The first-order valence-corrected chi connectivity index (χ1v) is 9.99. The normalized spacial score (nSPS) is 10.9. The van der Waals surface area contributed by atoms with Crippen molar-refractivity contribution < 1.29 is 9.53 Å². The van der Waals surface area contributed by atoms with E-state index in [0.717, 1.165) is 27.9 Å². The topological polar surface area (TPSA) is 90.5 Å². The highest BCUT2D eigenvalue weighted by Gasteiger charge is 2.16. The summed E-state index contributed by atoms with van der Waals surface area (Å²) in [5.74, 6) is 0.846. The first kappa shape index (κ1) is 20.3. The summed E-state index contributed by atoms with van der Waals surface area (Å²) < 4.78 is 7.77. The molecule has 2 aromatic carbocycles. The van der Waals surface area contributed by atoms with Gasteiger partial charge in [-0.2, -0.15) is 0 Å². The summed E-state index contributed by atoms with van der Waals surface area (Å²) in [7, 11) is 1.59. The Morgan fingerprint density at radius 3 is 2.61 bits per heavy atom. The molecule has 4 aromatic rings. The molecule has 8 nitrogen and oxygen atoms in total. The van der Waals surface area contributed by atoms with Crippen LogP contribution in [0, 0.1) is 6.92 Å². The zero-order valence-corrected chi connectivity index (χ0v) is 17.6. The van der Waals surface area contributed by atoms with E-state index in [0.29, 0.717) is 22.9 Å². The van der Waals surface area contributed by atoms with Crippen LogP contribution in [0.4, 0.5) is 5.69 Å². The van der Waals surface area contributed by atoms with E-state index in [1.165, 1.54) is 4.40 Å². The van der Waals surface area contributed by atoms with E-state index in [2.05, 4.69) is 15.4 Å². The molecule has 0 aliphatic carbocycles. The van der Waals surface area contributed by atoms with Crippen molar-refractivity contribution in [1.82, 2.24) is 19.2 Å². The Kier molecular flexibility index (Phi) is 5.53. The zero-order chi connectivity index (χ0) is 22.0. The number of rotatable bonds is 6. The standard InChI is InChI=1S/C23H23N5O3/c1-4-16-6-5-7-18(13-16)25-21(29)14-27-23(30)28-20(26-27)12-15(2)24-22(28)17-8-10-19(31-3)11-9-17/h5-13H,4,14H2,1-3H3,(H,25,29). The molecular formula is C23H23N5O3. The van der Waals surface area contributed by atoms with Gasteiger partial charge < -0.3 is 10.1 Å². The Morgan fingerprint density at radius 2 is 1.90 bits per heavy atom. The second kappa shape index (κ2) is 8.43. The molecule has 8 heteroatoms. The number of nitrogens with one attached hydrogen (secondary N) is 1. The number of fused-ring (bicyclic) bond motifs is 1. The molecule has 1 N–H and O–H groups in total. The van der Waals surface area contributed by atoms with Gasteiger partial charge in [0.25, 0.3) is 0 Å². The number of carbonyl (C=O) groups excluding carboxylic acids is 1. The van der Waals surface area contributed by atoms with Crippen LogP contribution in [-0.2, 0) is 17.8 Å². The molecule has 2 aromatic heterocycles. The predicted molar refractivity (Wildman–Crippen MR) is 118 cm³/mol. The van der Waals surface area contributed by atoms with Crippen LogP contribution in [-0.4, -0.2) is 32.2 Å². The maximum absolute atomic E-state index is 13.1. The lowest BCUT2D eigenvalue weighted by molar-refractivity contribution is -0.117. The van der Waals surface area contributed by atoms with Gasteiger partial charge in [0.2, 0.25) is 5.91 Å². The Bertz CT molecular complexity index is 1310. The van der Waals surface area contributed by atoms with Crippen LogP contribution < -0.4 is 15.7 Å². The highest BCUT2D eigenvalue weighted by molar-refractivity contribution is 5.90. The van der Waals surface area contributed by atoms with Gasteiger partial charge in [0.1, 0.15) is 18.1 Å². The quantitative estimate of drug-likeness (QED) is 0.521. The lowest BCUT2D eigenvalue weighted by Gasteiger charge is -2.06. The van der Waals surface area contributed by atoms with Gasteiger partial charge in [0.05, 0.1) is 7.11 Å². The number of aromatic nitrogens is 4. The number of anilines is 1. The van der Waals surface area contributed by atoms with Gasteiger partial charge in [-0.1, -0.05) is 19.1 Å². The molecule has 0 unspecified atom stereocenters. The highest BCUT2D eigenvalue weighted by Crippen LogP contribution is 2.21. The van der Waals surface area contributed by atoms with Crippen LogP contribution in [0.25, 0.3) is 17.0 Å². The third-order valence-corrected chi connectivity index (χ3v) is 4.96. The second-order valence-electron chi connectivity index (χ2n) is 7.19. The van der Waals surface area contributed by atoms with Crippen LogP contribution in [0.5, 0.6) is 5.75 Å². The second-order valence-corrected chi connectivity index (χ2v) is 7.19. The van der Waals surface area contributed by atoms with Crippen molar-refractivity contribution in [2.75, 3.05) is 12.4 Å². The molecule has 0 atom stereocenters. The van der Waals surface area contributed by atoms with Crippen LogP contribution in [0.1, 0.15) is 18.2 Å². The minimum absolute atomic E-state index is 0.196. The molecule has 0 fully saturated rings. The summed E-state index contributed by atoms with van der Waals surface area (Å²) in [6, 6.07) is 16.6. The number of hydrogen-bond acceptors (Lipinski definition) is 5. The average Bonchev–Trinajstić information content (AvgIpc) is 3.08. The summed E-state index contributed by atoms with van der Waals surface area (Å²) in [6.45, 7) is 3.69. The Morgan fingerprint density at radius 1 is 1.13 bits per heavy atom. The van der Waals surface area contributed by atoms with Crippen molar-refractivity contribution in [2.45, 2.75) is 26.8 Å². The van der Waals surface area contributed by atoms with Crippen LogP contribution in [0.2, 0.25) is 0 Å². The Balaban J connectivity index is 1.67.